The molecule has 0 radical (unpaired) electrons. The van der Waals surface area contributed by atoms with Gasteiger partial charge in [0.2, 0.25) is 0 Å². The monoisotopic (exact) mass is 297 g/mol. The number of nitrogens with one attached hydrogen (secondary N) is 2. The van der Waals surface area contributed by atoms with E-state index in [2.05, 4.69) is 58.6 Å². The first-order valence-corrected chi connectivity index (χ1v) is 7.88. The first-order valence-electron chi connectivity index (χ1n) is 7.88. The van der Waals surface area contributed by atoms with Gasteiger partial charge in [-0.05, 0) is 38.1 Å². The third-order valence-corrected chi connectivity index (χ3v) is 3.67. The molecule has 5 nitrogen and oxygen atoms in total. The highest BCUT2D eigenvalue weighted by Crippen LogP contribution is 2.22. The summed E-state index contributed by atoms with van der Waals surface area (Å²) in [6.07, 6.45) is 1.83. The number of piperazine rings is 1. The number of hydrogen-bond acceptors (Lipinski definition) is 5. The van der Waals surface area contributed by atoms with E-state index in [0.29, 0.717) is 6.04 Å². The van der Waals surface area contributed by atoms with Gasteiger partial charge in [-0.15, -0.1) is 0 Å². The third-order valence-electron chi connectivity index (χ3n) is 3.67. The smallest absolute Gasteiger partial charge is 0.129 e. The zero-order valence-corrected chi connectivity index (χ0v) is 13.2. The van der Waals surface area contributed by atoms with Gasteiger partial charge in [0.1, 0.15) is 11.6 Å². The predicted octanol–water partition coefficient (Wildman–Crippen LogP) is 2.37. The number of pyridine rings is 2. The molecule has 0 spiro atoms. The summed E-state index contributed by atoms with van der Waals surface area (Å²) >= 11 is 0. The number of rotatable bonds is 4. The van der Waals surface area contributed by atoms with Crippen molar-refractivity contribution in [3.05, 3.63) is 36.5 Å². The standard InChI is InChI=1S/C17H23N5/c1-13(2)20-16-12-14(6-7-19-16)15-4-3-5-17(21-15)22-10-8-18-9-11-22/h3-7,12-13,18H,8-11H2,1-2H3,(H,19,20). The normalized spacial score (nSPS) is 15.1. The predicted molar refractivity (Wildman–Crippen MR) is 91.3 cm³/mol. The van der Waals surface area contributed by atoms with E-state index in [0.717, 1.165) is 49.1 Å². The highest BCUT2D eigenvalue weighted by Gasteiger charge is 2.12. The Morgan fingerprint density at radius 1 is 1.18 bits per heavy atom. The van der Waals surface area contributed by atoms with Crippen LogP contribution in [0.5, 0.6) is 0 Å². The fourth-order valence-electron chi connectivity index (χ4n) is 2.62. The first kappa shape index (κ1) is 14.8. The molecule has 2 aromatic heterocycles. The molecule has 1 fully saturated rings. The van der Waals surface area contributed by atoms with Crippen LogP contribution in [0.15, 0.2) is 36.5 Å². The molecule has 3 heterocycles. The molecule has 1 saturated heterocycles. The van der Waals surface area contributed by atoms with Crippen molar-refractivity contribution >= 4 is 11.6 Å². The van der Waals surface area contributed by atoms with Crippen molar-refractivity contribution in [3.8, 4) is 11.3 Å². The van der Waals surface area contributed by atoms with Crippen molar-refractivity contribution in [1.82, 2.24) is 15.3 Å². The Morgan fingerprint density at radius 2 is 2.00 bits per heavy atom. The lowest BCUT2D eigenvalue weighted by molar-refractivity contribution is 0.585. The van der Waals surface area contributed by atoms with Crippen LogP contribution in [0.25, 0.3) is 11.3 Å². The lowest BCUT2D eigenvalue weighted by Gasteiger charge is -2.28. The fourth-order valence-corrected chi connectivity index (χ4v) is 2.62. The number of anilines is 2. The van der Waals surface area contributed by atoms with E-state index in [1.807, 2.05) is 12.3 Å². The molecule has 1 aliphatic heterocycles. The minimum Gasteiger partial charge on any atom is -0.368 e. The summed E-state index contributed by atoms with van der Waals surface area (Å²) in [5.41, 5.74) is 2.08. The molecule has 2 N–H and O–H groups in total. The van der Waals surface area contributed by atoms with E-state index in [-0.39, 0.29) is 0 Å². The van der Waals surface area contributed by atoms with Crippen molar-refractivity contribution < 1.29 is 0 Å². The van der Waals surface area contributed by atoms with Crippen LogP contribution in [0.3, 0.4) is 0 Å². The van der Waals surface area contributed by atoms with Gasteiger partial charge in [0, 0.05) is 44.0 Å². The summed E-state index contributed by atoms with van der Waals surface area (Å²) in [4.78, 5) is 11.5. The summed E-state index contributed by atoms with van der Waals surface area (Å²) in [6.45, 7) is 8.27. The van der Waals surface area contributed by atoms with Gasteiger partial charge in [-0.25, -0.2) is 9.97 Å². The van der Waals surface area contributed by atoms with Crippen molar-refractivity contribution in [2.45, 2.75) is 19.9 Å². The molecule has 0 atom stereocenters. The average molecular weight is 297 g/mol. The molecule has 0 aromatic carbocycles. The van der Waals surface area contributed by atoms with Crippen LogP contribution in [-0.4, -0.2) is 42.2 Å². The fraction of sp³-hybridized carbons (Fsp3) is 0.412. The van der Waals surface area contributed by atoms with Crippen molar-refractivity contribution in [1.29, 1.82) is 0 Å². The highest BCUT2D eigenvalue weighted by atomic mass is 15.2. The quantitative estimate of drug-likeness (QED) is 0.907. The van der Waals surface area contributed by atoms with Crippen molar-refractivity contribution in [3.63, 3.8) is 0 Å². The van der Waals surface area contributed by atoms with Gasteiger partial charge in [-0.3, -0.25) is 0 Å². The van der Waals surface area contributed by atoms with E-state index in [4.69, 9.17) is 4.98 Å². The maximum Gasteiger partial charge on any atom is 0.129 e. The van der Waals surface area contributed by atoms with Crippen LogP contribution >= 0.6 is 0 Å². The van der Waals surface area contributed by atoms with Crippen LogP contribution in [0.2, 0.25) is 0 Å². The van der Waals surface area contributed by atoms with E-state index in [9.17, 15) is 0 Å². The van der Waals surface area contributed by atoms with Crippen LogP contribution in [0.1, 0.15) is 13.8 Å². The molecule has 0 unspecified atom stereocenters. The van der Waals surface area contributed by atoms with Crippen molar-refractivity contribution in [2.75, 3.05) is 36.4 Å². The Labute approximate surface area is 131 Å². The molecule has 0 aliphatic carbocycles. The first-order chi connectivity index (χ1) is 10.7. The summed E-state index contributed by atoms with van der Waals surface area (Å²) < 4.78 is 0. The van der Waals surface area contributed by atoms with Crippen LogP contribution in [0.4, 0.5) is 11.6 Å². The highest BCUT2D eigenvalue weighted by molar-refractivity contribution is 5.64. The van der Waals surface area contributed by atoms with E-state index >= 15 is 0 Å². The van der Waals surface area contributed by atoms with E-state index in [1.165, 1.54) is 0 Å². The number of nitrogens with zero attached hydrogens (tertiary/aromatic N) is 3. The summed E-state index contributed by atoms with van der Waals surface area (Å²) in [5.74, 6) is 1.94. The van der Waals surface area contributed by atoms with E-state index < -0.39 is 0 Å². The SMILES string of the molecule is CC(C)Nc1cc(-c2cccc(N3CCNCC3)n2)ccn1. The molecule has 0 amide bonds. The maximum atomic E-state index is 4.83. The van der Waals surface area contributed by atoms with Crippen LogP contribution in [-0.2, 0) is 0 Å². The number of aromatic nitrogens is 2. The van der Waals surface area contributed by atoms with E-state index in [1.54, 1.807) is 0 Å². The molecule has 0 saturated carbocycles. The second kappa shape index (κ2) is 6.75. The zero-order valence-electron chi connectivity index (χ0n) is 13.2. The lowest BCUT2D eigenvalue weighted by atomic mass is 10.1. The summed E-state index contributed by atoms with van der Waals surface area (Å²) in [7, 11) is 0. The third kappa shape index (κ3) is 3.54. The lowest BCUT2D eigenvalue weighted by Crippen LogP contribution is -2.43. The van der Waals surface area contributed by atoms with Crippen LogP contribution in [0, 0.1) is 0 Å². The molecule has 116 valence electrons. The minimum absolute atomic E-state index is 0.364. The van der Waals surface area contributed by atoms with Gasteiger partial charge in [0.25, 0.3) is 0 Å². The topological polar surface area (TPSA) is 53.1 Å². The molecule has 2 aromatic rings. The molecule has 1 aliphatic rings. The summed E-state index contributed by atoms with van der Waals surface area (Å²) in [5, 5.41) is 6.71. The Morgan fingerprint density at radius 3 is 2.77 bits per heavy atom. The van der Waals surface area contributed by atoms with Gasteiger partial charge < -0.3 is 15.5 Å². The maximum absolute atomic E-state index is 4.83. The van der Waals surface area contributed by atoms with Gasteiger partial charge in [0.15, 0.2) is 0 Å². The molecule has 3 rings (SSSR count). The second-order valence-corrected chi connectivity index (χ2v) is 5.85. The Hall–Kier alpha value is -2.14. The average Bonchev–Trinajstić information content (AvgIpc) is 2.55. The summed E-state index contributed by atoms with van der Waals surface area (Å²) in [6, 6.07) is 10.7. The van der Waals surface area contributed by atoms with Gasteiger partial charge in [-0.2, -0.15) is 0 Å². The van der Waals surface area contributed by atoms with Crippen molar-refractivity contribution in [2.24, 2.45) is 0 Å². The van der Waals surface area contributed by atoms with Crippen LogP contribution < -0.4 is 15.5 Å². The van der Waals surface area contributed by atoms with Gasteiger partial charge in [-0.1, -0.05) is 6.07 Å². The Kier molecular flexibility index (Phi) is 4.53. The molecule has 0 bridgehead atoms. The minimum atomic E-state index is 0.364. The molecular weight excluding hydrogens is 274 g/mol. The molecular formula is C17H23N5. The largest absolute Gasteiger partial charge is 0.368 e. The molecule has 22 heavy (non-hydrogen) atoms. The zero-order chi connectivity index (χ0) is 15.4. The van der Waals surface area contributed by atoms with Gasteiger partial charge >= 0.3 is 0 Å². The Bertz CT molecular complexity index is 620. The van der Waals surface area contributed by atoms with Gasteiger partial charge in [0.05, 0.1) is 5.69 Å². The Balaban J connectivity index is 1.85. The number of hydrogen-bond donors (Lipinski definition) is 2. The second-order valence-electron chi connectivity index (χ2n) is 5.85. The molecule has 5 heteroatoms.